The van der Waals surface area contributed by atoms with E-state index in [4.69, 9.17) is 9.47 Å². The monoisotopic (exact) mass is 284 g/mol. The average molecular weight is 285 g/mol. The molecule has 86 valence electrons. The fourth-order valence-electron chi connectivity index (χ4n) is 0.945. The van der Waals surface area contributed by atoms with E-state index in [1.807, 2.05) is 30.3 Å². The zero-order valence-corrected chi connectivity index (χ0v) is 10.6. The highest BCUT2D eigenvalue weighted by Gasteiger charge is 2.10. The second-order valence-corrected chi connectivity index (χ2v) is 4.24. The molecule has 0 amide bonds. The molecule has 1 aromatic carbocycles. The largest absolute Gasteiger partial charge is 0.476 e. The molecule has 3 nitrogen and oxygen atoms in total. The molecule has 0 spiro atoms. The van der Waals surface area contributed by atoms with Crippen LogP contribution >= 0.6 is 15.9 Å². The van der Waals surface area contributed by atoms with E-state index in [1.165, 1.54) is 0 Å². The first-order valence-electron chi connectivity index (χ1n) is 4.78. The molecule has 4 heteroatoms. The van der Waals surface area contributed by atoms with Gasteiger partial charge in [-0.25, -0.2) is 4.79 Å². The summed E-state index contributed by atoms with van der Waals surface area (Å²) in [7, 11) is 0. The lowest BCUT2D eigenvalue weighted by Crippen LogP contribution is -2.19. The van der Waals surface area contributed by atoms with Crippen molar-refractivity contribution in [1.29, 1.82) is 0 Å². The quantitative estimate of drug-likeness (QED) is 0.474. The lowest BCUT2D eigenvalue weighted by Gasteiger charge is -2.13. The van der Waals surface area contributed by atoms with Gasteiger partial charge in [0.1, 0.15) is 12.4 Å². The van der Waals surface area contributed by atoms with Gasteiger partial charge in [0.2, 0.25) is 0 Å². The van der Waals surface area contributed by atoms with E-state index >= 15 is 0 Å². The van der Waals surface area contributed by atoms with E-state index in [0.29, 0.717) is 5.57 Å². The molecule has 0 aliphatic carbocycles. The Morgan fingerprint density at radius 2 is 2.06 bits per heavy atom. The average Bonchev–Trinajstić information content (AvgIpc) is 2.27. The van der Waals surface area contributed by atoms with Crippen LogP contribution in [-0.4, -0.2) is 17.6 Å². The predicted molar refractivity (Wildman–Crippen MR) is 65.6 cm³/mol. The van der Waals surface area contributed by atoms with Crippen LogP contribution in [0.15, 0.2) is 42.5 Å². The van der Waals surface area contributed by atoms with Gasteiger partial charge in [-0.05, 0) is 35.0 Å². The third-order valence-electron chi connectivity index (χ3n) is 1.70. The maximum Gasteiger partial charge on any atom is 0.333 e. The highest BCUT2D eigenvalue weighted by atomic mass is 79.9. The summed E-state index contributed by atoms with van der Waals surface area (Å²) < 4.78 is 10.4. The van der Waals surface area contributed by atoms with Crippen LogP contribution in [0.2, 0.25) is 0 Å². The Hall–Kier alpha value is -1.29. The first kappa shape index (κ1) is 12.8. The number of carbonyl (C=O) groups is 1. The molecule has 0 radical (unpaired) electrons. The third-order valence-corrected chi connectivity index (χ3v) is 2.15. The van der Waals surface area contributed by atoms with Gasteiger partial charge in [-0.1, -0.05) is 24.8 Å². The summed E-state index contributed by atoms with van der Waals surface area (Å²) in [6, 6.07) is 9.30. The Morgan fingerprint density at radius 3 is 2.62 bits per heavy atom. The van der Waals surface area contributed by atoms with Gasteiger partial charge < -0.3 is 9.47 Å². The van der Waals surface area contributed by atoms with Gasteiger partial charge in [0, 0.05) is 5.57 Å². The molecular weight excluding hydrogens is 272 g/mol. The fraction of sp³-hybridized carbons (Fsp3) is 0.250. The van der Waals surface area contributed by atoms with Gasteiger partial charge in [-0.2, -0.15) is 0 Å². The third kappa shape index (κ3) is 4.49. The molecule has 0 N–H and O–H groups in total. The molecule has 16 heavy (non-hydrogen) atoms. The van der Waals surface area contributed by atoms with Crippen LogP contribution in [0.3, 0.4) is 0 Å². The minimum absolute atomic E-state index is 0.139. The van der Waals surface area contributed by atoms with Crippen molar-refractivity contribution in [3.8, 4) is 5.75 Å². The molecule has 0 aliphatic heterocycles. The van der Waals surface area contributed by atoms with E-state index < -0.39 is 5.97 Å². The minimum Gasteiger partial charge on any atom is -0.476 e. The summed E-state index contributed by atoms with van der Waals surface area (Å²) in [4.78, 5) is 11.1. The van der Waals surface area contributed by atoms with Crippen LogP contribution in [-0.2, 0) is 9.53 Å². The molecule has 1 unspecified atom stereocenters. The molecule has 1 rings (SSSR count). The van der Waals surface area contributed by atoms with Crippen molar-refractivity contribution in [2.75, 3.05) is 6.61 Å². The minimum atomic E-state index is -0.416. The molecule has 1 atom stereocenters. The summed E-state index contributed by atoms with van der Waals surface area (Å²) in [6.45, 7) is 5.23. The van der Waals surface area contributed by atoms with E-state index in [1.54, 1.807) is 6.92 Å². The lowest BCUT2D eigenvalue weighted by atomic mass is 10.3. The number of hydrogen-bond donors (Lipinski definition) is 0. The number of halogens is 1. The van der Waals surface area contributed by atoms with Crippen LogP contribution in [0.1, 0.15) is 6.92 Å². The molecular formula is C12H13BrO3. The topological polar surface area (TPSA) is 35.5 Å². The normalized spacial score (nSPS) is 11.6. The number of esters is 1. The number of para-hydroxylation sites is 1. The zero-order chi connectivity index (χ0) is 12.0. The predicted octanol–water partition coefficient (Wildman–Crippen LogP) is 2.91. The highest BCUT2D eigenvalue weighted by Crippen LogP contribution is 2.14. The van der Waals surface area contributed by atoms with E-state index in [-0.39, 0.29) is 11.6 Å². The van der Waals surface area contributed by atoms with Crippen LogP contribution in [0, 0.1) is 0 Å². The van der Waals surface area contributed by atoms with Gasteiger partial charge in [-0.3, -0.25) is 0 Å². The molecule has 1 aromatic rings. The van der Waals surface area contributed by atoms with Gasteiger partial charge in [0.15, 0.2) is 5.01 Å². The Bertz CT molecular complexity index is 362. The number of hydrogen-bond acceptors (Lipinski definition) is 3. The van der Waals surface area contributed by atoms with Gasteiger partial charge in [0.05, 0.1) is 0 Å². The Morgan fingerprint density at radius 1 is 1.44 bits per heavy atom. The second-order valence-electron chi connectivity index (χ2n) is 3.22. The van der Waals surface area contributed by atoms with Crippen molar-refractivity contribution in [2.24, 2.45) is 0 Å². The highest BCUT2D eigenvalue weighted by molar-refractivity contribution is 9.09. The standard InChI is InChI=1S/C12H13BrO3/c1-9(2)12(14)15-8-11(13)16-10-6-4-3-5-7-10/h3-7,11H,1,8H2,2H3. The molecule has 0 bridgehead atoms. The van der Waals surface area contributed by atoms with Crippen molar-refractivity contribution in [3.63, 3.8) is 0 Å². The van der Waals surface area contributed by atoms with Crippen molar-refractivity contribution < 1.29 is 14.3 Å². The SMILES string of the molecule is C=C(C)C(=O)OCC(Br)Oc1ccccc1. The fourth-order valence-corrected chi connectivity index (χ4v) is 1.29. The molecule has 0 saturated carbocycles. The maximum atomic E-state index is 11.1. The molecule has 0 saturated heterocycles. The van der Waals surface area contributed by atoms with E-state index in [9.17, 15) is 4.79 Å². The summed E-state index contributed by atoms with van der Waals surface area (Å²) >= 11 is 3.26. The first-order chi connectivity index (χ1) is 7.59. The Balaban J connectivity index is 2.34. The second kappa shape index (κ2) is 6.33. The Labute approximate surface area is 103 Å². The van der Waals surface area contributed by atoms with Crippen molar-refractivity contribution >= 4 is 21.9 Å². The van der Waals surface area contributed by atoms with E-state index in [0.717, 1.165) is 5.75 Å². The van der Waals surface area contributed by atoms with Crippen molar-refractivity contribution in [3.05, 3.63) is 42.5 Å². The molecule has 0 fully saturated rings. The molecule has 0 heterocycles. The first-order valence-corrected chi connectivity index (χ1v) is 5.69. The van der Waals surface area contributed by atoms with Crippen LogP contribution in [0.25, 0.3) is 0 Å². The van der Waals surface area contributed by atoms with Crippen LogP contribution in [0.4, 0.5) is 0 Å². The van der Waals surface area contributed by atoms with E-state index in [2.05, 4.69) is 22.5 Å². The van der Waals surface area contributed by atoms with Gasteiger partial charge >= 0.3 is 5.97 Å². The summed E-state index contributed by atoms with van der Waals surface area (Å²) in [5, 5.41) is -0.363. The summed E-state index contributed by atoms with van der Waals surface area (Å²) in [5.74, 6) is 0.303. The van der Waals surface area contributed by atoms with Gasteiger partial charge in [0.25, 0.3) is 0 Å². The number of rotatable bonds is 5. The maximum absolute atomic E-state index is 11.1. The van der Waals surface area contributed by atoms with Gasteiger partial charge in [-0.15, -0.1) is 0 Å². The number of ether oxygens (including phenoxy) is 2. The zero-order valence-electron chi connectivity index (χ0n) is 8.98. The van der Waals surface area contributed by atoms with Crippen LogP contribution < -0.4 is 4.74 Å². The number of carbonyl (C=O) groups excluding carboxylic acids is 1. The summed E-state index contributed by atoms with van der Waals surface area (Å²) in [6.07, 6.45) is 0. The van der Waals surface area contributed by atoms with Crippen molar-refractivity contribution in [1.82, 2.24) is 0 Å². The molecule has 0 aromatic heterocycles. The number of benzene rings is 1. The smallest absolute Gasteiger partial charge is 0.333 e. The number of alkyl halides is 1. The molecule has 0 aliphatic rings. The van der Waals surface area contributed by atoms with Crippen molar-refractivity contribution in [2.45, 2.75) is 11.9 Å². The lowest BCUT2D eigenvalue weighted by molar-refractivity contribution is -0.140. The summed E-state index contributed by atoms with van der Waals surface area (Å²) in [5.41, 5.74) is 0.374. The Kier molecular flexibility index (Phi) is 5.05. The van der Waals surface area contributed by atoms with Crippen LogP contribution in [0.5, 0.6) is 5.75 Å².